The van der Waals surface area contributed by atoms with E-state index in [0.29, 0.717) is 0 Å². The molecule has 0 aliphatic rings. The van der Waals surface area contributed by atoms with E-state index in [1.165, 1.54) is 18.4 Å². The van der Waals surface area contributed by atoms with Gasteiger partial charge in [0.1, 0.15) is 0 Å². The first kappa shape index (κ1) is 8.51. The lowest BCUT2D eigenvalue weighted by molar-refractivity contribution is -0.144. The van der Waals surface area contributed by atoms with Gasteiger partial charge >= 0.3 is 0 Å². The van der Waals surface area contributed by atoms with Gasteiger partial charge in [-0.05, 0) is 12.1 Å². The van der Waals surface area contributed by atoms with Crippen molar-refractivity contribution in [2.24, 2.45) is 0 Å². The van der Waals surface area contributed by atoms with E-state index in [1.54, 1.807) is 0 Å². The lowest BCUT2D eigenvalue weighted by atomic mass is 10.2. The Bertz CT molecular complexity index is 283. The second-order valence-corrected chi connectivity index (χ2v) is 1.94. The fourth-order valence-electron chi connectivity index (χ4n) is 0.719. The molecule has 0 saturated heterocycles. The minimum absolute atomic E-state index is 0.0401. The normalized spacial score (nSPS) is 9.17. The predicted molar refractivity (Wildman–Crippen MR) is 37.8 cm³/mol. The maximum absolute atomic E-state index is 10.2. The van der Waals surface area contributed by atoms with Crippen LogP contribution in [0.2, 0.25) is 0 Å². The molecule has 0 fully saturated rings. The molecular formula is C7H5O5. The highest BCUT2D eigenvalue weighted by Gasteiger charge is 2.05. The van der Waals surface area contributed by atoms with Gasteiger partial charge < -0.3 is 9.78 Å². The second-order valence-electron chi connectivity index (χ2n) is 1.94. The van der Waals surface area contributed by atoms with E-state index in [1.807, 2.05) is 0 Å². The van der Waals surface area contributed by atoms with Gasteiger partial charge in [-0.15, -0.1) is 0 Å². The van der Waals surface area contributed by atoms with Gasteiger partial charge in [-0.2, -0.15) is 0 Å². The molecule has 0 aromatic heterocycles. The van der Waals surface area contributed by atoms with Gasteiger partial charge in [0.05, 0.1) is 5.56 Å². The van der Waals surface area contributed by atoms with E-state index in [2.05, 4.69) is 9.78 Å². The molecule has 0 aliphatic heterocycles. The summed E-state index contributed by atoms with van der Waals surface area (Å²) in [6.45, 7) is 0. The van der Waals surface area contributed by atoms with Gasteiger partial charge in [-0.1, -0.05) is 0 Å². The van der Waals surface area contributed by atoms with E-state index < -0.39 is 0 Å². The van der Waals surface area contributed by atoms with Gasteiger partial charge in [0.2, 0.25) is 6.29 Å². The van der Waals surface area contributed by atoms with E-state index in [0.717, 1.165) is 6.07 Å². The van der Waals surface area contributed by atoms with Crippen molar-refractivity contribution in [3.63, 3.8) is 0 Å². The Morgan fingerprint density at radius 2 is 2.00 bits per heavy atom. The molecule has 0 heterocycles. The summed E-state index contributed by atoms with van der Waals surface area (Å²) in [5.41, 5.74) is 0.0401. The second kappa shape index (κ2) is 3.70. The standard InChI is InChI=1S/C7H5O5/c8-4-5-1-2-6(11-9)3-7(5)12-10/h1-3,9-10H. The largest absolute Gasteiger partial charge is 0.340 e. The van der Waals surface area contributed by atoms with Crippen LogP contribution in [0.25, 0.3) is 0 Å². The third-order valence-corrected chi connectivity index (χ3v) is 1.27. The van der Waals surface area contributed by atoms with Gasteiger partial charge in [0.15, 0.2) is 11.5 Å². The summed E-state index contributed by atoms with van der Waals surface area (Å²) in [7, 11) is 0. The van der Waals surface area contributed by atoms with Gasteiger partial charge in [0, 0.05) is 6.07 Å². The van der Waals surface area contributed by atoms with Crippen LogP contribution in [0.5, 0.6) is 11.5 Å². The van der Waals surface area contributed by atoms with E-state index in [4.69, 9.17) is 10.5 Å². The summed E-state index contributed by atoms with van der Waals surface area (Å²) in [5, 5.41) is 16.4. The Kier molecular flexibility index (Phi) is 2.62. The fourth-order valence-corrected chi connectivity index (χ4v) is 0.719. The molecule has 0 unspecified atom stereocenters. The van der Waals surface area contributed by atoms with Crippen molar-refractivity contribution in [3.05, 3.63) is 23.8 Å². The summed E-state index contributed by atoms with van der Waals surface area (Å²) in [4.78, 5) is 17.8. The number of carbonyl (C=O) groups excluding carboxylic acids is 1. The highest BCUT2D eigenvalue weighted by atomic mass is 17.1. The molecule has 5 heteroatoms. The van der Waals surface area contributed by atoms with Crippen LogP contribution in [0.1, 0.15) is 5.56 Å². The molecule has 63 valence electrons. The van der Waals surface area contributed by atoms with Gasteiger partial charge in [-0.25, -0.2) is 10.5 Å². The van der Waals surface area contributed by atoms with Crippen molar-refractivity contribution in [1.82, 2.24) is 0 Å². The van der Waals surface area contributed by atoms with Crippen LogP contribution in [-0.4, -0.2) is 16.8 Å². The maximum atomic E-state index is 10.2. The molecule has 2 N–H and O–H groups in total. The SMILES string of the molecule is O=[C]c1ccc(OO)cc1OO. The van der Waals surface area contributed by atoms with Crippen LogP contribution in [-0.2, 0) is 4.79 Å². The minimum Gasteiger partial charge on any atom is -0.340 e. The number of hydrogen-bond acceptors (Lipinski definition) is 5. The lowest BCUT2D eigenvalue weighted by Crippen LogP contribution is -1.92. The van der Waals surface area contributed by atoms with Crippen molar-refractivity contribution < 1.29 is 25.1 Å². The molecule has 12 heavy (non-hydrogen) atoms. The Morgan fingerprint density at radius 3 is 2.50 bits per heavy atom. The van der Waals surface area contributed by atoms with Gasteiger partial charge in [-0.3, -0.25) is 4.79 Å². The molecule has 0 bridgehead atoms. The molecule has 1 rings (SSSR count). The maximum Gasteiger partial charge on any atom is 0.237 e. The van der Waals surface area contributed by atoms with Crippen LogP contribution >= 0.6 is 0 Å². The summed E-state index contributed by atoms with van der Waals surface area (Å²) >= 11 is 0. The summed E-state index contributed by atoms with van der Waals surface area (Å²) in [5.74, 6) is -0.0744. The van der Waals surface area contributed by atoms with E-state index >= 15 is 0 Å². The lowest BCUT2D eigenvalue weighted by Gasteiger charge is -2.00. The zero-order chi connectivity index (χ0) is 8.97. The fraction of sp³-hybridized carbons (Fsp3) is 0. The average molecular weight is 169 g/mol. The molecule has 0 atom stereocenters. The molecule has 0 saturated carbocycles. The van der Waals surface area contributed by atoms with Gasteiger partial charge in [0.25, 0.3) is 0 Å². The first-order chi connectivity index (χ1) is 5.81. The molecule has 0 aliphatic carbocycles. The average Bonchev–Trinajstić information content (AvgIpc) is 2.16. The highest BCUT2D eigenvalue weighted by molar-refractivity contribution is 5.80. The van der Waals surface area contributed by atoms with Crippen molar-refractivity contribution >= 4 is 6.29 Å². The molecule has 0 amide bonds. The molecule has 0 spiro atoms. The van der Waals surface area contributed by atoms with Crippen LogP contribution in [0.3, 0.4) is 0 Å². The Labute approximate surface area is 67.6 Å². The van der Waals surface area contributed by atoms with Crippen molar-refractivity contribution in [3.8, 4) is 11.5 Å². The molecule has 1 aromatic rings. The molecule has 5 nitrogen and oxygen atoms in total. The quantitative estimate of drug-likeness (QED) is 0.518. The zero-order valence-corrected chi connectivity index (χ0v) is 5.85. The third kappa shape index (κ3) is 1.52. The monoisotopic (exact) mass is 169 g/mol. The summed E-state index contributed by atoms with van der Waals surface area (Å²) in [6, 6.07) is 3.74. The highest BCUT2D eigenvalue weighted by Crippen LogP contribution is 2.22. The predicted octanol–water partition coefficient (Wildman–Crippen LogP) is 0.848. The Balaban J connectivity index is 3.10. The molecule has 1 radical (unpaired) electrons. The zero-order valence-electron chi connectivity index (χ0n) is 5.85. The first-order valence-corrected chi connectivity index (χ1v) is 2.97. The van der Waals surface area contributed by atoms with Crippen LogP contribution in [0, 0.1) is 0 Å². The first-order valence-electron chi connectivity index (χ1n) is 2.97. The van der Waals surface area contributed by atoms with Crippen LogP contribution < -0.4 is 9.78 Å². The Hall–Kier alpha value is -1.59. The Morgan fingerprint density at radius 1 is 1.25 bits per heavy atom. The number of hydrogen-bond donors (Lipinski definition) is 2. The number of benzene rings is 1. The topological polar surface area (TPSA) is 76.0 Å². The third-order valence-electron chi connectivity index (χ3n) is 1.27. The van der Waals surface area contributed by atoms with Crippen molar-refractivity contribution in [2.75, 3.05) is 0 Å². The smallest absolute Gasteiger partial charge is 0.237 e. The van der Waals surface area contributed by atoms with Crippen LogP contribution in [0.15, 0.2) is 18.2 Å². The summed E-state index contributed by atoms with van der Waals surface area (Å²) < 4.78 is 0. The van der Waals surface area contributed by atoms with E-state index in [-0.39, 0.29) is 17.1 Å². The van der Waals surface area contributed by atoms with Crippen LogP contribution in [0.4, 0.5) is 0 Å². The summed E-state index contributed by atoms with van der Waals surface area (Å²) in [6.07, 6.45) is 1.53. The minimum atomic E-state index is -0.128. The molecular weight excluding hydrogens is 164 g/mol. The van der Waals surface area contributed by atoms with Crippen molar-refractivity contribution in [2.45, 2.75) is 0 Å². The molecule has 1 aromatic carbocycles. The number of rotatable bonds is 3. The van der Waals surface area contributed by atoms with E-state index in [9.17, 15) is 4.79 Å². The van der Waals surface area contributed by atoms with Crippen molar-refractivity contribution in [1.29, 1.82) is 0 Å².